The Hall–Kier alpha value is -0.770. The molecule has 2 aliphatic carbocycles. The van der Waals surface area contributed by atoms with E-state index in [9.17, 15) is 0 Å². The van der Waals surface area contributed by atoms with Gasteiger partial charge in [-0.1, -0.05) is 32.6 Å². The van der Waals surface area contributed by atoms with Gasteiger partial charge in [-0.25, -0.2) is 0 Å². The fraction of sp³-hybridized carbons (Fsp3) is 0.950. The van der Waals surface area contributed by atoms with Gasteiger partial charge in [0.05, 0.1) is 0 Å². The highest BCUT2D eigenvalue weighted by molar-refractivity contribution is 5.80. The van der Waals surface area contributed by atoms with E-state index in [0.717, 1.165) is 25.1 Å². The van der Waals surface area contributed by atoms with Gasteiger partial charge < -0.3 is 15.5 Å². The smallest absolute Gasteiger partial charge is 0.191 e. The predicted molar refractivity (Wildman–Crippen MR) is 103 cm³/mol. The van der Waals surface area contributed by atoms with Crippen LogP contribution in [0.2, 0.25) is 0 Å². The molecule has 1 heterocycles. The first-order chi connectivity index (χ1) is 11.7. The molecule has 1 aliphatic heterocycles. The number of rotatable bonds is 5. The van der Waals surface area contributed by atoms with Crippen molar-refractivity contribution >= 4 is 5.96 Å². The van der Waals surface area contributed by atoms with Crippen molar-refractivity contribution < 1.29 is 0 Å². The minimum atomic E-state index is 0.439. The summed E-state index contributed by atoms with van der Waals surface area (Å²) in [7, 11) is 0. The Morgan fingerprint density at radius 2 is 1.71 bits per heavy atom. The molecule has 3 aliphatic rings. The van der Waals surface area contributed by atoms with E-state index in [1.165, 1.54) is 77.3 Å². The maximum absolute atomic E-state index is 4.94. The van der Waals surface area contributed by atoms with Gasteiger partial charge in [0.25, 0.3) is 0 Å². The maximum atomic E-state index is 4.94. The second kappa shape index (κ2) is 8.55. The standard InChI is InChI=1S/C20H38N4/c1-3-21-19(22-16-20(2)12-6-7-13-20)23-17-10-14-24(15-11-17)18-8-4-5-9-18/h17-18H,3-16H2,1-2H3,(H2,21,22,23). The van der Waals surface area contributed by atoms with Gasteiger partial charge in [0, 0.05) is 38.3 Å². The molecule has 0 bridgehead atoms. The molecular weight excluding hydrogens is 296 g/mol. The number of hydrogen-bond acceptors (Lipinski definition) is 2. The van der Waals surface area contributed by atoms with Gasteiger partial charge in [-0.15, -0.1) is 0 Å². The summed E-state index contributed by atoms with van der Waals surface area (Å²) in [6, 6.07) is 1.48. The second-order valence-corrected chi connectivity index (χ2v) is 8.61. The fourth-order valence-corrected chi connectivity index (χ4v) is 4.85. The molecule has 4 heteroatoms. The van der Waals surface area contributed by atoms with Crippen LogP contribution in [0.4, 0.5) is 0 Å². The van der Waals surface area contributed by atoms with E-state index in [1.807, 2.05) is 0 Å². The van der Waals surface area contributed by atoms with Crippen molar-refractivity contribution in [3.8, 4) is 0 Å². The molecule has 0 aromatic heterocycles. The highest BCUT2D eigenvalue weighted by Crippen LogP contribution is 2.37. The molecule has 2 saturated carbocycles. The summed E-state index contributed by atoms with van der Waals surface area (Å²) in [5, 5.41) is 7.18. The molecule has 3 rings (SSSR count). The van der Waals surface area contributed by atoms with Crippen LogP contribution >= 0.6 is 0 Å². The molecule has 0 aromatic rings. The third-order valence-corrected chi connectivity index (χ3v) is 6.49. The highest BCUT2D eigenvalue weighted by atomic mass is 15.2. The van der Waals surface area contributed by atoms with Crippen LogP contribution in [0.5, 0.6) is 0 Å². The summed E-state index contributed by atoms with van der Waals surface area (Å²) >= 11 is 0. The van der Waals surface area contributed by atoms with Crippen molar-refractivity contribution in [3.05, 3.63) is 0 Å². The number of guanidine groups is 1. The minimum Gasteiger partial charge on any atom is -0.357 e. The van der Waals surface area contributed by atoms with Crippen LogP contribution in [0.25, 0.3) is 0 Å². The average Bonchev–Trinajstić information content (AvgIpc) is 3.26. The van der Waals surface area contributed by atoms with Gasteiger partial charge in [0.2, 0.25) is 0 Å². The molecule has 0 aromatic carbocycles. The fourth-order valence-electron chi connectivity index (χ4n) is 4.85. The van der Waals surface area contributed by atoms with E-state index < -0.39 is 0 Å². The van der Waals surface area contributed by atoms with E-state index in [4.69, 9.17) is 4.99 Å². The summed E-state index contributed by atoms with van der Waals surface area (Å²) in [5.41, 5.74) is 0.439. The van der Waals surface area contributed by atoms with Gasteiger partial charge in [-0.05, 0) is 50.9 Å². The lowest BCUT2D eigenvalue weighted by molar-refractivity contribution is 0.150. The summed E-state index contributed by atoms with van der Waals surface area (Å²) in [6.07, 6.45) is 13.7. The zero-order valence-electron chi connectivity index (χ0n) is 15.9. The molecule has 138 valence electrons. The van der Waals surface area contributed by atoms with Crippen LogP contribution in [0.15, 0.2) is 4.99 Å². The number of likely N-dealkylation sites (tertiary alicyclic amines) is 1. The van der Waals surface area contributed by atoms with E-state index in [0.29, 0.717) is 11.5 Å². The number of piperidine rings is 1. The van der Waals surface area contributed by atoms with Crippen molar-refractivity contribution in [2.75, 3.05) is 26.2 Å². The van der Waals surface area contributed by atoms with E-state index in [-0.39, 0.29) is 0 Å². The number of nitrogens with one attached hydrogen (secondary N) is 2. The van der Waals surface area contributed by atoms with Crippen LogP contribution in [0.3, 0.4) is 0 Å². The van der Waals surface area contributed by atoms with Crippen LogP contribution in [0, 0.1) is 5.41 Å². The number of aliphatic imine (C=N–C) groups is 1. The average molecular weight is 335 g/mol. The second-order valence-electron chi connectivity index (χ2n) is 8.61. The molecule has 4 nitrogen and oxygen atoms in total. The Labute approximate surface area is 148 Å². The highest BCUT2D eigenvalue weighted by Gasteiger charge is 2.29. The Bertz CT molecular complexity index is 400. The van der Waals surface area contributed by atoms with Crippen LogP contribution in [0.1, 0.15) is 78.1 Å². The SMILES string of the molecule is CCNC(=NCC1(C)CCCC1)NC1CCN(C2CCCC2)CC1. The lowest BCUT2D eigenvalue weighted by atomic mass is 9.89. The van der Waals surface area contributed by atoms with Crippen LogP contribution < -0.4 is 10.6 Å². The molecule has 0 amide bonds. The predicted octanol–water partition coefficient (Wildman–Crippen LogP) is 3.53. The summed E-state index contributed by atoms with van der Waals surface area (Å²) in [5.74, 6) is 1.05. The maximum Gasteiger partial charge on any atom is 0.191 e. The monoisotopic (exact) mass is 334 g/mol. The normalized spacial score (nSPS) is 26.8. The summed E-state index contributed by atoms with van der Waals surface area (Å²) < 4.78 is 0. The quantitative estimate of drug-likeness (QED) is 0.597. The molecule has 0 unspecified atom stereocenters. The lowest BCUT2D eigenvalue weighted by Gasteiger charge is -2.36. The first-order valence-corrected chi connectivity index (χ1v) is 10.5. The molecule has 2 N–H and O–H groups in total. The zero-order chi connectivity index (χ0) is 16.8. The molecule has 24 heavy (non-hydrogen) atoms. The lowest BCUT2D eigenvalue weighted by Crippen LogP contribution is -2.50. The van der Waals surface area contributed by atoms with Gasteiger partial charge >= 0.3 is 0 Å². The minimum absolute atomic E-state index is 0.439. The van der Waals surface area contributed by atoms with Crippen LogP contribution in [-0.2, 0) is 0 Å². The Morgan fingerprint density at radius 3 is 2.33 bits per heavy atom. The molecule has 0 spiro atoms. The number of hydrogen-bond donors (Lipinski definition) is 2. The molecule has 3 fully saturated rings. The zero-order valence-corrected chi connectivity index (χ0v) is 15.9. The third-order valence-electron chi connectivity index (χ3n) is 6.49. The van der Waals surface area contributed by atoms with Crippen molar-refractivity contribution in [1.29, 1.82) is 0 Å². The van der Waals surface area contributed by atoms with E-state index in [2.05, 4.69) is 29.4 Å². The van der Waals surface area contributed by atoms with Gasteiger partial charge in [0.1, 0.15) is 0 Å². The first kappa shape index (κ1) is 18.0. The van der Waals surface area contributed by atoms with Gasteiger partial charge in [0.15, 0.2) is 5.96 Å². The third kappa shape index (κ3) is 4.87. The summed E-state index contributed by atoms with van der Waals surface area (Å²) in [4.78, 5) is 7.68. The van der Waals surface area contributed by atoms with E-state index in [1.54, 1.807) is 0 Å². The van der Waals surface area contributed by atoms with Crippen LogP contribution in [-0.4, -0.2) is 49.1 Å². The Balaban J connectivity index is 1.46. The molecule has 1 saturated heterocycles. The molecule has 0 radical (unpaired) electrons. The van der Waals surface area contributed by atoms with Gasteiger partial charge in [-0.2, -0.15) is 0 Å². The van der Waals surface area contributed by atoms with Crippen molar-refractivity contribution in [3.63, 3.8) is 0 Å². The van der Waals surface area contributed by atoms with Crippen molar-refractivity contribution in [1.82, 2.24) is 15.5 Å². The van der Waals surface area contributed by atoms with Crippen molar-refractivity contribution in [2.24, 2.45) is 10.4 Å². The number of nitrogens with zero attached hydrogens (tertiary/aromatic N) is 2. The topological polar surface area (TPSA) is 39.7 Å². The van der Waals surface area contributed by atoms with Crippen molar-refractivity contribution in [2.45, 2.75) is 90.1 Å². The largest absolute Gasteiger partial charge is 0.357 e. The molecule has 0 atom stereocenters. The Kier molecular flexibility index (Phi) is 6.43. The van der Waals surface area contributed by atoms with E-state index >= 15 is 0 Å². The summed E-state index contributed by atoms with van der Waals surface area (Å²) in [6.45, 7) is 9.02. The Morgan fingerprint density at radius 1 is 1.04 bits per heavy atom. The van der Waals surface area contributed by atoms with Gasteiger partial charge in [-0.3, -0.25) is 4.99 Å². The molecular formula is C20H38N4. The first-order valence-electron chi connectivity index (χ1n) is 10.5.